The number of ether oxygens (including phenoxy) is 1. The van der Waals surface area contributed by atoms with Gasteiger partial charge in [0.25, 0.3) is 0 Å². The average molecular weight is 196 g/mol. The minimum atomic E-state index is -0.484. The second-order valence-electron chi connectivity index (χ2n) is 3.26. The zero-order valence-corrected chi connectivity index (χ0v) is 8.53. The number of rotatable bonds is 4. The van der Waals surface area contributed by atoms with Gasteiger partial charge in [-0.25, -0.2) is 0 Å². The summed E-state index contributed by atoms with van der Waals surface area (Å²) in [5.41, 5.74) is 7.16. The number of hydrogen-bond donors (Lipinski definition) is 2. The second kappa shape index (κ2) is 4.93. The van der Waals surface area contributed by atoms with Crippen molar-refractivity contribution < 1.29 is 9.84 Å². The van der Waals surface area contributed by atoms with Crippen LogP contribution in [-0.2, 0) is 6.54 Å². The van der Waals surface area contributed by atoms with Crippen molar-refractivity contribution in [3.05, 3.63) is 23.5 Å². The lowest BCUT2D eigenvalue weighted by molar-refractivity contribution is 0.122. The Balaban J connectivity index is 2.75. The molecule has 0 saturated carbocycles. The van der Waals surface area contributed by atoms with Gasteiger partial charge in [0.15, 0.2) is 0 Å². The minimum absolute atomic E-state index is 0.262. The van der Waals surface area contributed by atoms with Crippen molar-refractivity contribution >= 4 is 0 Å². The van der Waals surface area contributed by atoms with Crippen LogP contribution in [0.25, 0.3) is 0 Å². The summed E-state index contributed by atoms with van der Waals surface area (Å²) in [7, 11) is 0. The Morgan fingerprint density at radius 1 is 1.57 bits per heavy atom. The number of aromatic nitrogens is 1. The third kappa shape index (κ3) is 2.97. The van der Waals surface area contributed by atoms with Crippen LogP contribution in [-0.4, -0.2) is 22.8 Å². The summed E-state index contributed by atoms with van der Waals surface area (Å²) in [5.74, 6) is 0.652. The third-order valence-electron chi connectivity index (χ3n) is 1.75. The van der Waals surface area contributed by atoms with Crippen molar-refractivity contribution in [3.8, 4) is 5.75 Å². The first-order chi connectivity index (χ1) is 6.63. The number of aliphatic hydroxyl groups excluding tert-OH is 1. The molecule has 78 valence electrons. The van der Waals surface area contributed by atoms with Crippen LogP contribution in [0.1, 0.15) is 18.3 Å². The van der Waals surface area contributed by atoms with E-state index in [1.807, 2.05) is 19.1 Å². The molecule has 1 aromatic rings. The maximum absolute atomic E-state index is 9.06. The van der Waals surface area contributed by atoms with Crippen molar-refractivity contribution in [2.24, 2.45) is 5.73 Å². The van der Waals surface area contributed by atoms with Crippen LogP contribution in [0.4, 0.5) is 0 Å². The van der Waals surface area contributed by atoms with Gasteiger partial charge >= 0.3 is 0 Å². The van der Waals surface area contributed by atoms with Gasteiger partial charge in [-0.1, -0.05) is 0 Å². The number of pyridine rings is 1. The van der Waals surface area contributed by atoms with E-state index in [0.29, 0.717) is 12.3 Å². The minimum Gasteiger partial charge on any atom is -0.489 e. The van der Waals surface area contributed by atoms with Crippen LogP contribution < -0.4 is 10.5 Å². The van der Waals surface area contributed by atoms with Gasteiger partial charge in [-0.2, -0.15) is 0 Å². The lowest BCUT2D eigenvalue weighted by Crippen LogP contribution is -2.15. The molecule has 1 heterocycles. The van der Waals surface area contributed by atoms with Crippen molar-refractivity contribution in [2.45, 2.75) is 26.5 Å². The molecule has 0 aliphatic carbocycles. The van der Waals surface area contributed by atoms with Gasteiger partial charge in [0.05, 0.1) is 11.8 Å². The molecule has 0 bridgehead atoms. The number of hydrogen-bond acceptors (Lipinski definition) is 4. The zero-order chi connectivity index (χ0) is 10.6. The standard InChI is InChI=1S/C10H16N2O2/c1-7-3-4-10(9(5-11)12-7)14-6-8(2)13/h3-4,8,13H,5-6,11H2,1-2H3. The molecule has 3 N–H and O–H groups in total. The van der Waals surface area contributed by atoms with Gasteiger partial charge < -0.3 is 15.6 Å². The van der Waals surface area contributed by atoms with Crippen molar-refractivity contribution in [2.75, 3.05) is 6.61 Å². The summed E-state index contributed by atoms with van der Waals surface area (Å²) in [6, 6.07) is 3.68. The molecule has 1 atom stereocenters. The van der Waals surface area contributed by atoms with Gasteiger partial charge in [0, 0.05) is 12.2 Å². The summed E-state index contributed by atoms with van der Waals surface area (Å²) < 4.78 is 5.35. The van der Waals surface area contributed by atoms with Crippen LogP contribution in [0.5, 0.6) is 5.75 Å². The van der Waals surface area contributed by atoms with E-state index in [1.165, 1.54) is 0 Å². The molecule has 1 unspecified atom stereocenters. The fourth-order valence-corrected chi connectivity index (χ4v) is 1.09. The van der Waals surface area contributed by atoms with Gasteiger partial charge in [-0.15, -0.1) is 0 Å². The first kappa shape index (κ1) is 10.9. The van der Waals surface area contributed by atoms with Crippen LogP contribution in [0.3, 0.4) is 0 Å². The Morgan fingerprint density at radius 3 is 2.86 bits per heavy atom. The molecular formula is C10H16N2O2. The fraction of sp³-hybridized carbons (Fsp3) is 0.500. The van der Waals surface area contributed by atoms with E-state index >= 15 is 0 Å². The van der Waals surface area contributed by atoms with E-state index in [2.05, 4.69) is 4.98 Å². The predicted octanol–water partition coefficient (Wildman–Crippen LogP) is 0.608. The molecule has 0 spiro atoms. The second-order valence-corrected chi connectivity index (χ2v) is 3.26. The maximum Gasteiger partial charge on any atom is 0.142 e. The number of nitrogens with zero attached hydrogens (tertiary/aromatic N) is 1. The van der Waals surface area contributed by atoms with E-state index in [0.717, 1.165) is 11.4 Å². The highest BCUT2D eigenvalue weighted by Gasteiger charge is 2.05. The summed E-state index contributed by atoms with van der Waals surface area (Å²) >= 11 is 0. The molecule has 0 fully saturated rings. The Kier molecular flexibility index (Phi) is 3.85. The lowest BCUT2D eigenvalue weighted by atomic mass is 10.3. The molecule has 1 aromatic heterocycles. The molecule has 0 aromatic carbocycles. The van der Waals surface area contributed by atoms with E-state index in [1.54, 1.807) is 6.92 Å². The van der Waals surface area contributed by atoms with Gasteiger partial charge in [-0.3, -0.25) is 4.98 Å². The van der Waals surface area contributed by atoms with Crippen LogP contribution in [0.2, 0.25) is 0 Å². The van der Waals surface area contributed by atoms with E-state index in [9.17, 15) is 0 Å². The molecule has 0 amide bonds. The first-order valence-corrected chi connectivity index (χ1v) is 4.61. The quantitative estimate of drug-likeness (QED) is 0.740. The highest BCUT2D eigenvalue weighted by atomic mass is 16.5. The smallest absolute Gasteiger partial charge is 0.142 e. The highest BCUT2D eigenvalue weighted by molar-refractivity contribution is 5.29. The largest absolute Gasteiger partial charge is 0.489 e. The Hall–Kier alpha value is -1.13. The van der Waals surface area contributed by atoms with Gasteiger partial charge in [0.2, 0.25) is 0 Å². The van der Waals surface area contributed by atoms with Crippen molar-refractivity contribution in [3.63, 3.8) is 0 Å². The van der Waals surface area contributed by atoms with Crippen molar-refractivity contribution in [1.29, 1.82) is 0 Å². The lowest BCUT2D eigenvalue weighted by Gasteiger charge is -2.11. The molecule has 4 heteroatoms. The molecule has 4 nitrogen and oxygen atoms in total. The van der Waals surface area contributed by atoms with E-state index in [-0.39, 0.29) is 6.61 Å². The summed E-state index contributed by atoms with van der Waals surface area (Å²) in [6.45, 7) is 4.18. The predicted molar refractivity (Wildman–Crippen MR) is 54.0 cm³/mol. The normalized spacial score (nSPS) is 12.6. The van der Waals surface area contributed by atoms with Crippen LogP contribution in [0, 0.1) is 6.92 Å². The van der Waals surface area contributed by atoms with Crippen molar-refractivity contribution in [1.82, 2.24) is 4.98 Å². The molecule has 0 aliphatic rings. The number of nitrogens with two attached hydrogens (primary N) is 1. The van der Waals surface area contributed by atoms with Gasteiger partial charge in [0.1, 0.15) is 12.4 Å². The summed E-state index contributed by atoms with van der Waals surface area (Å²) in [4.78, 5) is 4.24. The number of aliphatic hydroxyl groups is 1. The molecule has 14 heavy (non-hydrogen) atoms. The van der Waals surface area contributed by atoms with Gasteiger partial charge in [-0.05, 0) is 26.0 Å². The van der Waals surface area contributed by atoms with E-state index < -0.39 is 6.10 Å². The molecule has 1 rings (SSSR count). The monoisotopic (exact) mass is 196 g/mol. The Bertz CT molecular complexity index is 300. The highest BCUT2D eigenvalue weighted by Crippen LogP contribution is 2.16. The summed E-state index contributed by atoms with van der Waals surface area (Å²) in [6.07, 6.45) is -0.484. The summed E-state index contributed by atoms with van der Waals surface area (Å²) in [5, 5.41) is 9.06. The fourth-order valence-electron chi connectivity index (χ4n) is 1.09. The first-order valence-electron chi connectivity index (χ1n) is 4.61. The van der Waals surface area contributed by atoms with E-state index in [4.69, 9.17) is 15.6 Å². The number of aryl methyl sites for hydroxylation is 1. The molecule has 0 saturated heterocycles. The zero-order valence-electron chi connectivity index (χ0n) is 8.53. The Labute approximate surface area is 83.7 Å². The molecule has 0 aliphatic heterocycles. The SMILES string of the molecule is Cc1ccc(OCC(C)O)c(CN)n1. The topological polar surface area (TPSA) is 68.4 Å². The Morgan fingerprint density at radius 2 is 2.29 bits per heavy atom. The van der Waals surface area contributed by atoms with Crippen LogP contribution in [0.15, 0.2) is 12.1 Å². The average Bonchev–Trinajstić information content (AvgIpc) is 2.15. The van der Waals surface area contributed by atoms with Crippen LogP contribution >= 0.6 is 0 Å². The maximum atomic E-state index is 9.06. The molecule has 0 radical (unpaired) electrons. The molecular weight excluding hydrogens is 180 g/mol. The third-order valence-corrected chi connectivity index (χ3v) is 1.75.